The lowest BCUT2D eigenvalue weighted by Gasteiger charge is -2.16. The van der Waals surface area contributed by atoms with E-state index < -0.39 is 0 Å². The zero-order valence-corrected chi connectivity index (χ0v) is 8.02. The van der Waals surface area contributed by atoms with Gasteiger partial charge < -0.3 is 4.74 Å². The van der Waals surface area contributed by atoms with E-state index in [9.17, 15) is 4.79 Å². The Hall–Kier alpha value is -0.790. The van der Waals surface area contributed by atoms with Gasteiger partial charge in [0.1, 0.15) is 0 Å². The first-order valence-electron chi connectivity index (χ1n) is 4.33. The van der Waals surface area contributed by atoms with Gasteiger partial charge in [0.05, 0.1) is 12.9 Å². The maximum atomic E-state index is 11.5. The zero-order valence-electron chi connectivity index (χ0n) is 8.02. The maximum absolute atomic E-state index is 11.5. The Balaban J connectivity index is 2.49. The molecule has 68 valence electrons. The number of ether oxygens (including phenoxy) is 1. The van der Waals surface area contributed by atoms with Crippen LogP contribution in [0.3, 0.4) is 0 Å². The molecular formula is C10H16O2. The summed E-state index contributed by atoms with van der Waals surface area (Å²) in [6.45, 7) is 6.88. The minimum Gasteiger partial charge on any atom is -0.500 e. The summed E-state index contributed by atoms with van der Waals surface area (Å²) in [5, 5.41) is 0. The monoisotopic (exact) mass is 168 g/mol. The van der Waals surface area contributed by atoms with Gasteiger partial charge in [0.15, 0.2) is 5.78 Å². The lowest BCUT2D eigenvalue weighted by molar-refractivity contribution is -0.117. The molecule has 0 unspecified atom stereocenters. The molecule has 2 nitrogen and oxygen atoms in total. The van der Waals surface area contributed by atoms with E-state index in [1.807, 2.05) is 0 Å². The fourth-order valence-corrected chi connectivity index (χ4v) is 1.19. The van der Waals surface area contributed by atoms with Crippen LogP contribution >= 0.6 is 0 Å². The molecule has 1 aliphatic rings. The number of hydrogen-bond donors (Lipinski definition) is 0. The van der Waals surface area contributed by atoms with Crippen molar-refractivity contribution in [1.29, 1.82) is 0 Å². The van der Waals surface area contributed by atoms with Crippen LogP contribution in [0.1, 0.15) is 33.6 Å². The van der Waals surface area contributed by atoms with Crippen molar-refractivity contribution in [3.63, 3.8) is 0 Å². The van der Waals surface area contributed by atoms with Crippen LogP contribution in [0, 0.1) is 5.41 Å². The number of ketones is 1. The van der Waals surface area contributed by atoms with Crippen molar-refractivity contribution in [3.8, 4) is 0 Å². The van der Waals surface area contributed by atoms with Crippen molar-refractivity contribution in [1.82, 2.24) is 0 Å². The molecular weight excluding hydrogens is 152 g/mol. The largest absolute Gasteiger partial charge is 0.500 e. The van der Waals surface area contributed by atoms with Gasteiger partial charge in [-0.3, -0.25) is 4.79 Å². The molecule has 0 amide bonds. The van der Waals surface area contributed by atoms with Crippen molar-refractivity contribution >= 4 is 5.78 Å². The van der Waals surface area contributed by atoms with Crippen LogP contribution in [0.15, 0.2) is 11.8 Å². The van der Waals surface area contributed by atoms with Gasteiger partial charge in [0, 0.05) is 18.4 Å². The van der Waals surface area contributed by atoms with Crippen molar-refractivity contribution in [2.45, 2.75) is 33.6 Å². The van der Waals surface area contributed by atoms with Crippen LogP contribution in [-0.2, 0) is 9.53 Å². The predicted molar refractivity (Wildman–Crippen MR) is 47.7 cm³/mol. The Labute approximate surface area is 73.6 Å². The summed E-state index contributed by atoms with van der Waals surface area (Å²) in [5.74, 6) is 0.236. The molecule has 2 heteroatoms. The number of rotatable bonds is 2. The van der Waals surface area contributed by atoms with Gasteiger partial charge in [-0.2, -0.15) is 0 Å². The molecule has 0 aliphatic carbocycles. The second-order valence-electron chi connectivity index (χ2n) is 4.42. The standard InChI is InChI=1S/C10H16O2/c1-10(2,3)6-9(11)8-4-5-12-7-8/h7H,4-6H2,1-3H3. The summed E-state index contributed by atoms with van der Waals surface area (Å²) < 4.78 is 5.01. The minimum absolute atomic E-state index is 0.0838. The van der Waals surface area contributed by atoms with Crippen LogP contribution < -0.4 is 0 Å². The van der Waals surface area contributed by atoms with Gasteiger partial charge in [-0.05, 0) is 5.41 Å². The molecule has 0 saturated carbocycles. The van der Waals surface area contributed by atoms with E-state index in [1.165, 1.54) is 0 Å². The Kier molecular flexibility index (Phi) is 2.55. The summed E-state index contributed by atoms with van der Waals surface area (Å²) in [6, 6.07) is 0. The topological polar surface area (TPSA) is 26.3 Å². The van der Waals surface area contributed by atoms with Crippen LogP contribution in [0.5, 0.6) is 0 Å². The van der Waals surface area contributed by atoms with E-state index in [2.05, 4.69) is 20.8 Å². The summed E-state index contributed by atoms with van der Waals surface area (Å²) >= 11 is 0. The molecule has 0 atom stereocenters. The Morgan fingerprint density at radius 3 is 2.67 bits per heavy atom. The van der Waals surface area contributed by atoms with Gasteiger partial charge in [-0.15, -0.1) is 0 Å². The molecule has 0 aromatic rings. The molecule has 0 fully saturated rings. The van der Waals surface area contributed by atoms with Gasteiger partial charge in [0.25, 0.3) is 0 Å². The fourth-order valence-electron chi connectivity index (χ4n) is 1.19. The smallest absolute Gasteiger partial charge is 0.162 e. The van der Waals surface area contributed by atoms with Crippen LogP contribution in [0.2, 0.25) is 0 Å². The van der Waals surface area contributed by atoms with Crippen molar-refractivity contribution < 1.29 is 9.53 Å². The SMILES string of the molecule is CC(C)(C)CC(=O)C1=COCC1. The van der Waals surface area contributed by atoms with E-state index in [0.717, 1.165) is 12.0 Å². The average molecular weight is 168 g/mol. The first-order valence-corrected chi connectivity index (χ1v) is 4.33. The van der Waals surface area contributed by atoms with Crippen LogP contribution in [0.25, 0.3) is 0 Å². The van der Waals surface area contributed by atoms with Gasteiger partial charge in [0.2, 0.25) is 0 Å². The molecule has 0 bridgehead atoms. The Bertz CT molecular complexity index is 208. The Morgan fingerprint density at radius 1 is 1.58 bits per heavy atom. The molecule has 1 heterocycles. The predicted octanol–water partition coefficient (Wildman–Crippen LogP) is 2.30. The summed E-state index contributed by atoms with van der Waals surface area (Å²) in [5.41, 5.74) is 0.936. The molecule has 12 heavy (non-hydrogen) atoms. The van der Waals surface area contributed by atoms with Crippen molar-refractivity contribution in [3.05, 3.63) is 11.8 Å². The first-order chi connectivity index (χ1) is 5.49. The molecule has 0 aromatic carbocycles. The van der Waals surface area contributed by atoms with E-state index in [0.29, 0.717) is 13.0 Å². The van der Waals surface area contributed by atoms with Gasteiger partial charge >= 0.3 is 0 Å². The molecule has 1 aliphatic heterocycles. The number of carbonyl (C=O) groups is 1. The number of carbonyl (C=O) groups excluding carboxylic acids is 1. The highest BCUT2D eigenvalue weighted by Crippen LogP contribution is 2.23. The second-order valence-corrected chi connectivity index (χ2v) is 4.42. The zero-order chi connectivity index (χ0) is 9.19. The first kappa shape index (κ1) is 9.30. The lowest BCUT2D eigenvalue weighted by atomic mass is 9.87. The maximum Gasteiger partial charge on any atom is 0.162 e. The van der Waals surface area contributed by atoms with E-state index in [1.54, 1.807) is 6.26 Å². The van der Waals surface area contributed by atoms with Gasteiger partial charge in [-0.1, -0.05) is 20.8 Å². The molecule has 0 aromatic heterocycles. The van der Waals surface area contributed by atoms with E-state index in [-0.39, 0.29) is 11.2 Å². The van der Waals surface area contributed by atoms with E-state index >= 15 is 0 Å². The molecule has 1 rings (SSSR count). The number of hydrogen-bond acceptors (Lipinski definition) is 2. The third kappa shape index (κ3) is 2.68. The van der Waals surface area contributed by atoms with Crippen molar-refractivity contribution in [2.24, 2.45) is 5.41 Å². The summed E-state index contributed by atoms with van der Waals surface area (Å²) in [4.78, 5) is 11.5. The molecule has 0 N–H and O–H groups in total. The lowest BCUT2D eigenvalue weighted by Crippen LogP contribution is -2.13. The fraction of sp³-hybridized carbons (Fsp3) is 0.700. The van der Waals surface area contributed by atoms with Crippen LogP contribution in [-0.4, -0.2) is 12.4 Å². The minimum atomic E-state index is 0.0838. The number of Topliss-reactive ketones (excluding diaryl/α,β-unsaturated/α-hetero) is 1. The highest BCUT2D eigenvalue weighted by atomic mass is 16.5. The second kappa shape index (κ2) is 3.30. The summed E-state index contributed by atoms with van der Waals surface area (Å²) in [6.07, 6.45) is 3.01. The van der Waals surface area contributed by atoms with E-state index in [4.69, 9.17) is 4.74 Å². The van der Waals surface area contributed by atoms with Crippen LogP contribution in [0.4, 0.5) is 0 Å². The molecule has 0 radical (unpaired) electrons. The third-order valence-corrected chi connectivity index (χ3v) is 1.76. The molecule has 0 saturated heterocycles. The Morgan fingerprint density at radius 2 is 2.25 bits per heavy atom. The highest BCUT2D eigenvalue weighted by molar-refractivity contribution is 5.95. The average Bonchev–Trinajstić information content (AvgIpc) is 2.32. The normalized spacial score (nSPS) is 17.1. The quantitative estimate of drug-likeness (QED) is 0.632. The molecule has 0 spiro atoms. The van der Waals surface area contributed by atoms with Crippen molar-refractivity contribution in [2.75, 3.05) is 6.61 Å². The third-order valence-electron chi connectivity index (χ3n) is 1.76. The van der Waals surface area contributed by atoms with Gasteiger partial charge in [-0.25, -0.2) is 0 Å². The summed E-state index contributed by atoms with van der Waals surface area (Å²) in [7, 11) is 0. The highest BCUT2D eigenvalue weighted by Gasteiger charge is 2.20.